The van der Waals surface area contributed by atoms with E-state index in [4.69, 9.17) is 0 Å². The van der Waals surface area contributed by atoms with Crippen LogP contribution in [0.5, 0.6) is 0 Å². The molecule has 0 bridgehead atoms. The summed E-state index contributed by atoms with van der Waals surface area (Å²) >= 11 is 0. The molecule has 0 N–H and O–H groups in total. The van der Waals surface area contributed by atoms with Gasteiger partial charge in [0.1, 0.15) is 18.1 Å². The summed E-state index contributed by atoms with van der Waals surface area (Å²) in [6.07, 6.45) is 4.20. The first-order valence-corrected chi connectivity index (χ1v) is 11.2. The minimum atomic E-state index is 0. The van der Waals surface area contributed by atoms with Gasteiger partial charge in [0.05, 0.1) is 7.05 Å². The Balaban J connectivity index is 0.00000241. The molecule has 0 amide bonds. The molecule has 0 aliphatic rings. The van der Waals surface area contributed by atoms with E-state index in [9.17, 15) is 0 Å². The van der Waals surface area contributed by atoms with Crippen LogP contribution in [0.3, 0.4) is 0 Å². The SMILES string of the molecule is Cc1ccc(-c2[c-]c3ccc4ccccc4c3cc2)[c-]c1-c1n(-c2ccccc2)cc[n+]1C.[Y]. The van der Waals surface area contributed by atoms with Gasteiger partial charge < -0.3 is 0 Å². The number of aromatic nitrogens is 2. The van der Waals surface area contributed by atoms with Crippen molar-refractivity contribution in [1.29, 1.82) is 0 Å². The average Bonchev–Trinajstić information content (AvgIpc) is 3.25. The maximum Gasteiger partial charge on any atom is 0.228 e. The third-order valence-electron chi connectivity index (χ3n) is 6.36. The van der Waals surface area contributed by atoms with Gasteiger partial charge in [-0.1, -0.05) is 60.8 Å². The number of fused-ring (bicyclic) bond motifs is 3. The normalized spacial score (nSPS) is 11.0. The van der Waals surface area contributed by atoms with Gasteiger partial charge in [-0.15, -0.1) is 35.2 Å². The molecule has 0 atom stereocenters. The number of hydrogen-bond acceptors (Lipinski definition) is 0. The maximum absolute atomic E-state index is 3.71. The first kappa shape index (κ1) is 22.7. The van der Waals surface area contributed by atoms with Crippen LogP contribution in [0.25, 0.3) is 49.7 Å². The topological polar surface area (TPSA) is 8.81 Å². The van der Waals surface area contributed by atoms with E-state index in [-0.39, 0.29) is 32.7 Å². The van der Waals surface area contributed by atoms with Crippen LogP contribution in [0.1, 0.15) is 5.56 Å². The zero-order chi connectivity index (χ0) is 22.4. The second-order valence-electron chi connectivity index (χ2n) is 8.49. The smallest absolute Gasteiger partial charge is 0.228 e. The third-order valence-corrected chi connectivity index (χ3v) is 6.36. The maximum atomic E-state index is 3.71. The van der Waals surface area contributed by atoms with Crippen LogP contribution in [0, 0.1) is 19.1 Å². The Morgan fingerprint density at radius 2 is 1.44 bits per heavy atom. The van der Waals surface area contributed by atoms with E-state index < -0.39 is 0 Å². The Morgan fingerprint density at radius 1 is 0.706 bits per heavy atom. The summed E-state index contributed by atoms with van der Waals surface area (Å²) in [6, 6.07) is 39.4. The van der Waals surface area contributed by atoms with Gasteiger partial charge in [0.25, 0.3) is 0 Å². The number of hydrogen-bond donors (Lipinski definition) is 0. The predicted molar refractivity (Wildman–Crippen MR) is 135 cm³/mol. The number of rotatable bonds is 3. The summed E-state index contributed by atoms with van der Waals surface area (Å²) in [5.74, 6) is 1.10. The molecule has 2 nitrogen and oxygen atoms in total. The molecule has 1 aromatic heterocycles. The minimum Gasteiger partial charge on any atom is -0.265 e. The van der Waals surface area contributed by atoms with Crippen LogP contribution in [0.15, 0.2) is 103 Å². The molecule has 1 radical (unpaired) electrons. The summed E-state index contributed by atoms with van der Waals surface area (Å²) in [4.78, 5) is 0. The van der Waals surface area contributed by atoms with Gasteiger partial charge in [-0.3, -0.25) is 4.57 Å². The Hall–Kier alpha value is -3.07. The van der Waals surface area contributed by atoms with Crippen LogP contribution in [-0.4, -0.2) is 4.57 Å². The van der Waals surface area contributed by atoms with Crippen molar-refractivity contribution in [1.82, 2.24) is 4.57 Å². The molecular weight excluding hydrogens is 489 g/mol. The number of aryl methyl sites for hydroxylation is 2. The summed E-state index contributed by atoms with van der Waals surface area (Å²) in [5, 5.41) is 4.87. The van der Waals surface area contributed by atoms with Crippen molar-refractivity contribution in [3.05, 3.63) is 121 Å². The second kappa shape index (κ2) is 9.29. The Kier molecular flexibility index (Phi) is 6.21. The van der Waals surface area contributed by atoms with Crippen LogP contribution in [0.4, 0.5) is 0 Å². The molecule has 5 aromatic carbocycles. The fraction of sp³-hybridized carbons (Fsp3) is 0.0645. The van der Waals surface area contributed by atoms with Gasteiger partial charge in [-0.05, 0) is 28.5 Å². The number of imidazole rings is 1. The Bertz CT molecular complexity index is 1630. The minimum absolute atomic E-state index is 0. The molecule has 0 saturated carbocycles. The number of nitrogens with zero attached hydrogens (tertiary/aromatic N) is 2. The Morgan fingerprint density at radius 3 is 2.29 bits per heavy atom. The van der Waals surface area contributed by atoms with E-state index in [2.05, 4.69) is 133 Å². The van der Waals surface area contributed by atoms with Crippen molar-refractivity contribution in [3.63, 3.8) is 0 Å². The van der Waals surface area contributed by atoms with E-state index >= 15 is 0 Å². The van der Waals surface area contributed by atoms with Gasteiger partial charge in [-0.2, -0.15) is 29.3 Å². The zero-order valence-electron chi connectivity index (χ0n) is 19.3. The molecule has 0 fully saturated rings. The molecule has 161 valence electrons. The van der Waals surface area contributed by atoms with Crippen molar-refractivity contribution in [2.75, 3.05) is 0 Å². The molecule has 3 heteroatoms. The van der Waals surface area contributed by atoms with E-state index in [0.717, 1.165) is 33.6 Å². The van der Waals surface area contributed by atoms with Crippen molar-refractivity contribution >= 4 is 21.5 Å². The summed E-state index contributed by atoms with van der Waals surface area (Å²) in [7, 11) is 2.09. The van der Waals surface area contributed by atoms with Crippen LogP contribution in [0.2, 0.25) is 0 Å². The van der Waals surface area contributed by atoms with Crippen molar-refractivity contribution in [2.24, 2.45) is 7.05 Å². The summed E-state index contributed by atoms with van der Waals surface area (Å²) in [5.41, 5.74) is 5.52. The quantitative estimate of drug-likeness (QED) is 0.139. The molecule has 34 heavy (non-hydrogen) atoms. The second-order valence-corrected chi connectivity index (χ2v) is 8.49. The molecule has 0 unspecified atom stereocenters. The largest absolute Gasteiger partial charge is 0.265 e. The molecular formula is C31H23N2Y-. The van der Waals surface area contributed by atoms with Gasteiger partial charge in [0.15, 0.2) is 0 Å². The number of para-hydroxylation sites is 1. The van der Waals surface area contributed by atoms with Crippen LogP contribution >= 0.6 is 0 Å². The van der Waals surface area contributed by atoms with E-state index in [1.54, 1.807) is 0 Å². The first-order valence-electron chi connectivity index (χ1n) is 11.2. The predicted octanol–water partition coefficient (Wildman–Crippen LogP) is 6.85. The zero-order valence-corrected chi connectivity index (χ0v) is 22.1. The molecule has 0 saturated heterocycles. The van der Waals surface area contributed by atoms with Gasteiger partial charge in [0.2, 0.25) is 5.82 Å². The summed E-state index contributed by atoms with van der Waals surface area (Å²) < 4.78 is 4.38. The molecule has 6 aromatic rings. The van der Waals surface area contributed by atoms with E-state index in [1.807, 2.05) is 6.07 Å². The molecule has 1 heterocycles. The molecule has 0 spiro atoms. The van der Waals surface area contributed by atoms with E-state index in [1.165, 1.54) is 21.7 Å². The van der Waals surface area contributed by atoms with Crippen LogP contribution in [-0.2, 0) is 39.8 Å². The average molecular weight is 512 g/mol. The third kappa shape index (κ3) is 3.92. The first-order chi connectivity index (χ1) is 16.2. The van der Waals surface area contributed by atoms with E-state index in [0.29, 0.717) is 0 Å². The Labute approximate surface area is 225 Å². The standard InChI is InChI=1S/C31H23N2.Y/c1-22-12-13-25(21-30(22)31-32(2)18-19-33(31)27-9-4-3-5-10-27)24-16-17-29-26(20-24)15-14-23-8-6-7-11-28(23)29;/h3-19H,1-2H3;/q-1;. The number of benzene rings is 5. The summed E-state index contributed by atoms with van der Waals surface area (Å²) in [6.45, 7) is 2.15. The van der Waals surface area contributed by atoms with Crippen molar-refractivity contribution in [2.45, 2.75) is 6.92 Å². The fourth-order valence-electron chi connectivity index (χ4n) is 4.62. The van der Waals surface area contributed by atoms with Gasteiger partial charge >= 0.3 is 0 Å². The van der Waals surface area contributed by atoms with Gasteiger partial charge in [-0.25, -0.2) is 4.57 Å². The molecule has 6 rings (SSSR count). The van der Waals surface area contributed by atoms with Crippen LogP contribution < -0.4 is 4.57 Å². The van der Waals surface area contributed by atoms with Gasteiger partial charge in [0, 0.05) is 32.7 Å². The molecule has 0 aliphatic heterocycles. The van der Waals surface area contributed by atoms with Crippen molar-refractivity contribution in [3.8, 4) is 28.2 Å². The fourth-order valence-corrected chi connectivity index (χ4v) is 4.62. The molecule has 0 aliphatic carbocycles. The van der Waals surface area contributed by atoms with Crippen molar-refractivity contribution < 1.29 is 37.3 Å². The monoisotopic (exact) mass is 512 g/mol.